The zero-order chi connectivity index (χ0) is 27.6. The fourth-order valence-electron chi connectivity index (χ4n) is 5.09. The Morgan fingerprint density at radius 3 is 2.55 bits per heavy atom. The lowest BCUT2D eigenvalue weighted by Gasteiger charge is -2.47. The van der Waals surface area contributed by atoms with E-state index in [1.807, 2.05) is 0 Å². The molecule has 11 heteroatoms. The molecule has 2 aromatic heterocycles. The summed E-state index contributed by atoms with van der Waals surface area (Å²) in [4.78, 5) is 36.8. The van der Waals surface area contributed by atoms with Crippen LogP contribution in [0, 0.1) is 28.6 Å². The lowest BCUT2D eigenvalue weighted by molar-refractivity contribution is 0.0394. The zero-order valence-electron chi connectivity index (χ0n) is 21.9. The van der Waals surface area contributed by atoms with E-state index in [0.717, 1.165) is 12.0 Å². The number of ether oxygens (including phenoxy) is 1. The van der Waals surface area contributed by atoms with Gasteiger partial charge in [-0.25, -0.2) is 4.79 Å². The second-order valence-corrected chi connectivity index (χ2v) is 10.6. The van der Waals surface area contributed by atoms with Crippen LogP contribution in [-0.4, -0.2) is 43.9 Å². The highest BCUT2D eigenvalue weighted by molar-refractivity contribution is 6.28. The Bertz CT molecular complexity index is 1520. The fraction of sp³-hybridized carbons (Fsp3) is 0.444. The molecule has 4 rings (SSSR count). The SMILES string of the molecule is CC#CCn1c(N2CCCC(OC(N)=O)C2C(C)(C)C)nc2nc(Cl)n(Cc3ccc(C#N)cc3)c(=O)c21. The Morgan fingerprint density at radius 1 is 1.24 bits per heavy atom. The predicted octanol–water partition coefficient (Wildman–Crippen LogP) is 3.67. The van der Waals surface area contributed by atoms with E-state index >= 15 is 0 Å². The van der Waals surface area contributed by atoms with Crippen LogP contribution >= 0.6 is 11.6 Å². The molecule has 1 amide bonds. The molecule has 0 radical (unpaired) electrons. The van der Waals surface area contributed by atoms with Crippen molar-refractivity contribution >= 4 is 34.8 Å². The van der Waals surface area contributed by atoms with E-state index in [1.165, 1.54) is 4.57 Å². The number of carbonyl (C=O) groups is 1. The van der Waals surface area contributed by atoms with Gasteiger partial charge in [-0.05, 0) is 54.5 Å². The molecule has 1 aromatic carbocycles. The number of halogens is 1. The summed E-state index contributed by atoms with van der Waals surface area (Å²) >= 11 is 6.49. The van der Waals surface area contributed by atoms with Crippen LogP contribution in [0.15, 0.2) is 29.1 Å². The number of primary amides is 1. The number of nitriles is 1. The summed E-state index contributed by atoms with van der Waals surface area (Å²) in [6, 6.07) is 8.75. The van der Waals surface area contributed by atoms with E-state index in [1.54, 1.807) is 35.8 Å². The molecule has 3 aromatic rings. The van der Waals surface area contributed by atoms with E-state index in [0.29, 0.717) is 24.5 Å². The number of benzene rings is 1. The van der Waals surface area contributed by atoms with Gasteiger partial charge in [0, 0.05) is 6.54 Å². The monoisotopic (exact) mass is 535 g/mol. The van der Waals surface area contributed by atoms with Crippen LogP contribution < -0.4 is 16.2 Å². The number of anilines is 1. The molecule has 2 N–H and O–H groups in total. The lowest BCUT2D eigenvalue weighted by Crippen LogP contribution is -2.57. The molecular weight excluding hydrogens is 506 g/mol. The number of hydrogen-bond acceptors (Lipinski definition) is 7. The minimum Gasteiger partial charge on any atom is -0.444 e. The number of rotatable bonds is 5. The molecule has 10 nitrogen and oxygen atoms in total. The van der Waals surface area contributed by atoms with Gasteiger partial charge in [-0.15, -0.1) is 5.92 Å². The molecule has 1 saturated heterocycles. The molecule has 1 fully saturated rings. The highest BCUT2D eigenvalue weighted by atomic mass is 35.5. The molecule has 0 spiro atoms. The predicted molar refractivity (Wildman–Crippen MR) is 145 cm³/mol. The maximum atomic E-state index is 13.8. The van der Waals surface area contributed by atoms with Gasteiger partial charge in [0.2, 0.25) is 11.2 Å². The van der Waals surface area contributed by atoms with Crippen molar-refractivity contribution in [2.24, 2.45) is 11.1 Å². The number of imidazole rings is 1. The van der Waals surface area contributed by atoms with Crippen LogP contribution in [0.2, 0.25) is 5.28 Å². The second kappa shape index (κ2) is 10.8. The van der Waals surface area contributed by atoms with Crippen molar-refractivity contribution in [1.82, 2.24) is 19.1 Å². The third-order valence-corrected chi connectivity index (χ3v) is 6.91. The van der Waals surface area contributed by atoms with Gasteiger partial charge in [0.15, 0.2) is 11.2 Å². The minimum absolute atomic E-state index is 0.00518. The van der Waals surface area contributed by atoms with Gasteiger partial charge in [0.25, 0.3) is 5.56 Å². The maximum absolute atomic E-state index is 13.8. The molecule has 38 heavy (non-hydrogen) atoms. The Balaban J connectivity index is 1.87. The third kappa shape index (κ3) is 5.32. The van der Waals surface area contributed by atoms with Crippen molar-refractivity contribution < 1.29 is 9.53 Å². The maximum Gasteiger partial charge on any atom is 0.404 e. The fourth-order valence-corrected chi connectivity index (χ4v) is 5.31. The largest absolute Gasteiger partial charge is 0.444 e. The van der Waals surface area contributed by atoms with E-state index in [2.05, 4.69) is 48.6 Å². The van der Waals surface area contributed by atoms with Crippen molar-refractivity contribution in [3.63, 3.8) is 0 Å². The first-order valence-electron chi connectivity index (χ1n) is 12.3. The summed E-state index contributed by atoms with van der Waals surface area (Å²) in [6.45, 7) is 8.94. The van der Waals surface area contributed by atoms with Crippen LogP contribution in [0.3, 0.4) is 0 Å². The molecule has 0 saturated carbocycles. The first-order chi connectivity index (χ1) is 18.0. The quantitative estimate of drug-likeness (QED) is 0.389. The summed E-state index contributed by atoms with van der Waals surface area (Å²) in [5, 5.41) is 9.08. The smallest absolute Gasteiger partial charge is 0.404 e. The Morgan fingerprint density at radius 2 is 1.95 bits per heavy atom. The minimum atomic E-state index is -0.824. The molecule has 3 heterocycles. The van der Waals surface area contributed by atoms with Crippen molar-refractivity contribution in [2.75, 3.05) is 11.4 Å². The number of hydrogen-bond donors (Lipinski definition) is 1. The average molecular weight is 536 g/mol. The summed E-state index contributed by atoms with van der Waals surface area (Å²) < 4.78 is 8.67. The van der Waals surface area contributed by atoms with Crippen molar-refractivity contribution in [1.29, 1.82) is 5.26 Å². The first kappa shape index (κ1) is 27.0. The van der Waals surface area contributed by atoms with Crippen LogP contribution in [0.25, 0.3) is 11.2 Å². The molecule has 0 bridgehead atoms. The van der Waals surface area contributed by atoms with Gasteiger partial charge in [0.05, 0.1) is 30.8 Å². The number of carbonyl (C=O) groups excluding carboxylic acids is 1. The summed E-state index contributed by atoms with van der Waals surface area (Å²) in [7, 11) is 0. The normalized spacial score (nSPS) is 17.5. The van der Waals surface area contributed by atoms with Gasteiger partial charge < -0.3 is 15.4 Å². The highest BCUT2D eigenvalue weighted by Crippen LogP contribution is 2.37. The van der Waals surface area contributed by atoms with Gasteiger partial charge in [0.1, 0.15) is 6.10 Å². The molecular formula is C27H30ClN7O3. The standard InChI is InChI=1S/C27H30ClN7O3/c1-5-6-13-33-20-22(31-24(28)35(23(20)36)16-18-11-9-17(15-29)10-12-18)32-26(33)34-14-7-8-19(38-25(30)37)21(34)27(2,3)4/h9-12,19,21H,7-8,13-14,16H2,1-4H3,(H2,30,37). The Kier molecular flexibility index (Phi) is 7.66. The van der Waals surface area contributed by atoms with Gasteiger partial charge in [-0.3, -0.25) is 13.9 Å². The van der Waals surface area contributed by atoms with E-state index in [4.69, 9.17) is 32.3 Å². The number of aromatic nitrogens is 4. The summed E-state index contributed by atoms with van der Waals surface area (Å²) in [5.74, 6) is 6.44. The number of fused-ring (bicyclic) bond motifs is 1. The molecule has 2 atom stereocenters. The van der Waals surface area contributed by atoms with E-state index < -0.39 is 12.2 Å². The Hall–Kier alpha value is -4.02. The van der Waals surface area contributed by atoms with Gasteiger partial charge in [-0.1, -0.05) is 38.8 Å². The number of nitrogens with zero attached hydrogens (tertiary/aromatic N) is 6. The lowest BCUT2D eigenvalue weighted by atomic mass is 9.79. The summed E-state index contributed by atoms with van der Waals surface area (Å²) in [6.07, 6.45) is 0.134. The number of piperidine rings is 1. The first-order valence-corrected chi connectivity index (χ1v) is 12.7. The highest BCUT2D eigenvalue weighted by Gasteiger charge is 2.43. The molecule has 198 valence electrons. The molecule has 1 aliphatic heterocycles. The molecule has 2 unspecified atom stereocenters. The summed E-state index contributed by atoms with van der Waals surface area (Å²) in [5.41, 5.74) is 6.55. The number of amides is 1. The van der Waals surface area contributed by atoms with Crippen molar-refractivity contribution in [2.45, 2.75) is 65.8 Å². The van der Waals surface area contributed by atoms with Crippen LogP contribution in [0.5, 0.6) is 0 Å². The topological polar surface area (TPSA) is 132 Å². The Labute approximate surface area is 226 Å². The van der Waals surface area contributed by atoms with Crippen LogP contribution in [-0.2, 0) is 17.8 Å². The van der Waals surface area contributed by atoms with Crippen LogP contribution in [0.4, 0.5) is 10.7 Å². The molecule has 1 aliphatic rings. The van der Waals surface area contributed by atoms with Crippen molar-refractivity contribution in [3.05, 3.63) is 51.0 Å². The average Bonchev–Trinajstić information content (AvgIpc) is 3.22. The van der Waals surface area contributed by atoms with Crippen molar-refractivity contribution in [3.8, 4) is 17.9 Å². The molecule has 0 aliphatic carbocycles. The second-order valence-electron chi connectivity index (χ2n) is 10.3. The van der Waals surface area contributed by atoms with Gasteiger partial charge in [-0.2, -0.15) is 15.2 Å². The van der Waals surface area contributed by atoms with E-state index in [-0.39, 0.29) is 46.6 Å². The third-order valence-electron chi connectivity index (χ3n) is 6.62. The number of nitrogens with two attached hydrogens (primary N) is 1. The van der Waals surface area contributed by atoms with Gasteiger partial charge >= 0.3 is 6.09 Å². The van der Waals surface area contributed by atoms with E-state index in [9.17, 15) is 9.59 Å². The van der Waals surface area contributed by atoms with Crippen LogP contribution in [0.1, 0.15) is 51.7 Å². The zero-order valence-corrected chi connectivity index (χ0v) is 22.6.